The number of amides is 2. The lowest BCUT2D eigenvalue weighted by molar-refractivity contribution is -0.131. The Bertz CT molecular complexity index is 749. The first kappa shape index (κ1) is 16.2. The standard InChI is InChI=1S/C17H21N5O2/c1-4-15(23)21-10-9-20(11-13(21)12(2)3)17(24)16-18-14-7-5-6-8-22(14)19-16/h4-8,12-13H,1,9-11H2,2-3H3/t13-/m1/s1. The number of carbonyl (C=O) groups is 2. The van der Waals surface area contributed by atoms with Gasteiger partial charge in [0.15, 0.2) is 5.65 Å². The molecule has 0 aromatic carbocycles. The van der Waals surface area contributed by atoms with Crippen molar-refractivity contribution in [1.29, 1.82) is 0 Å². The highest BCUT2D eigenvalue weighted by Gasteiger charge is 2.34. The molecule has 2 amide bonds. The second kappa shape index (κ2) is 6.43. The van der Waals surface area contributed by atoms with Gasteiger partial charge in [-0.15, -0.1) is 5.10 Å². The molecule has 3 heterocycles. The number of carbonyl (C=O) groups excluding carboxylic acids is 2. The van der Waals surface area contributed by atoms with Crippen molar-refractivity contribution in [2.24, 2.45) is 5.92 Å². The van der Waals surface area contributed by atoms with Crippen LogP contribution in [0.2, 0.25) is 0 Å². The molecule has 0 bridgehead atoms. The quantitative estimate of drug-likeness (QED) is 0.795. The van der Waals surface area contributed by atoms with Crippen LogP contribution < -0.4 is 0 Å². The van der Waals surface area contributed by atoms with Crippen LogP contribution in [0.3, 0.4) is 0 Å². The van der Waals surface area contributed by atoms with E-state index in [1.165, 1.54) is 6.08 Å². The molecular formula is C17H21N5O2. The first-order chi connectivity index (χ1) is 11.5. The van der Waals surface area contributed by atoms with Gasteiger partial charge < -0.3 is 9.80 Å². The molecule has 0 radical (unpaired) electrons. The van der Waals surface area contributed by atoms with Crippen LogP contribution >= 0.6 is 0 Å². The molecule has 1 aliphatic rings. The zero-order valence-electron chi connectivity index (χ0n) is 13.9. The maximum absolute atomic E-state index is 12.7. The molecule has 7 heteroatoms. The van der Waals surface area contributed by atoms with Crippen molar-refractivity contribution >= 4 is 17.5 Å². The Morgan fingerprint density at radius 2 is 2.12 bits per heavy atom. The minimum absolute atomic E-state index is 0.0368. The minimum Gasteiger partial charge on any atom is -0.332 e. The summed E-state index contributed by atoms with van der Waals surface area (Å²) in [5.41, 5.74) is 0.640. The number of hydrogen-bond acceptors (Lipinski definition) is 4. The van der Waals surface area contributed by atoms with Crippen LogP contribution in [0, 0.1) is 5.92 Å². The van der Waals surface area contributed by atoms with E-state index in [0.29, 0.717) is 25.3 Å². The fraction of sp³-hybridized carbons (Fsp3) is 0.412. The van der Waals surface area contributed by atoms with Gasteiger partial charge in [-0.2, -0.15) is 0 Å². The van der Waals surface area contributed by atoms with Crippen LogP contribution in [-0.2, 0) is 4.79 Å². The molecule has 0 spiro atoms. The minimum atomic E-state index is -0.199. The summed E-state index contributed by atoms with van der Waals surface area (Å²) in [6, 6.07) is 5.46. The highest BCUT2D eigenvalue weighted by molar-refractivity contribution is 5.92. The molecular weight excluding hydrogens is 306 g/mol. The summed E-state index contributed by atoms with van der Waals surface area (Å²) in [6.45, 7) is 9.09. The fourth-order valence-electron chi connectivity index (χ4n) is 3.02. The van der Waals surface area contributed by atoms with E-state index in [-0.39, 0.29) is 29.6 Å². The second-order valence-corrected chi connectivity index (χ2v) is 6.24. The van der Waals surface area contributed by atoms with E-state index in [9.17, 15) is 9.59 Å². The summed E-state index contributed by atoms with van der Waals surface area (Å²) in [6.07, 6.45) is 3.09. The summed E-state index contributed by atoms with van der Waals surface area (Å²) < 4.78 is 1.59. The molecule has 7 nitrogen and oxygen atoms in total. The van der Waals surface area contributed by atoms with Gasteiger partial charge in [0.25, 0.3) is 5.91 Å². The van der Waals surface area contributed by atoms with Crippen molar-refractivity contribution in [2.75, 3.05) is 19.6 Å². The molecule has 1 saturated heterocycles. The predicted octanol–water partition coefficient (Wildman–Crippen LogP) is 1.22. The van der Waals surface area contributed by atoms with Gasteiger partial charge in [0, 0.05) is 25.8 Å². The van der Waals surface area contributed by atoms with Gasteiger partial charge in [-0.1, -0.05) is 26.5 Å². The van der Waals surface area contributed by atoms with Crippen LogP contribution in [0.25, 0.3) is 5.65 Å². The Balaban J connectivity index is 1.81. The van der Waals surface area contributed by atoms with Gasteiger partial charge in [0.2, 0.25) is 11.7 Å². The SMILES string of the molecule is C=CC(=O)N1CCN(C(=O)c2nc3ccccn3n2)C[C@@H]1C(C)C. The molecule has 0 aliphatic carbocycles. The molecule has 0 unspecified atom stereocenters. The Labute approximate surface area is 140 Å². The van der Waals surface area contributed by atoms with Crippen molar-refractivity contribution in [1.82, 2.24) is 24.4 Å². The van der Waals surface area contributed by atoms with Crippen LogP contribution in [0.15, 0.2) is 37.1 Å². The predicted molar refractivity (Wildman–Crippen MR) is 89.4 cm³/mol. The lowest BCUT2D eigenvalue weighted by Gasteiger charge is -2.42. The molecule has 1 atom stereocenters. The molecule has 3 rings (SSSR count). The van der Waals surface area contributed by atoms with Crippen molar-refractivity contribution in [3.8, 4) is 0 Å². The van der Waals surface area contributed by atoms with Crippen molar-refractivity contribution in [3.63, 3.8) is 0 Å². The average Bonchev–Trinajstić information content (AvgIpc) is 3.03. The number of pyridine rings is 1. The number of nitrogens with zero attached hydrogens (tertiary/aromatic N) is 5. The molecule has 0 N–H and O–H groups in total. The van der Waals surface area contributed by atoms with Gasteiger partial charge in [-0.3, -0.25) is 9.59 Å². The number of rotatable bonds is 3. The Morgan fingerprint density at radius 1 is 1.33 bits per heavy atom. The molecule has 2 aromatic heterocycles. The highest BCUT2D eigenvalue weighted by atomic mass is 16.2. The lowest BCUT2D eigenvalue weighted by Crippen LogP contribution is -2.58. The smallest absolute Gasteiger partial charge is 0.293 e. The zero-order valence-corrected chi connectivity index (χ0v) is 13.9. The maximum Gasteiger partial charge on any atom is 0.293 e. The van der Waals surface area contributed by atoms with Crippen LogP contribution in [0.4, 0.5) is 0 Å². The summed E-state index contributed by atoms with van der Waals surface area (Å²) in [7, 11) is 0. The average molecular weight is 327 g/mol. The molecule has 1 aliphatic heterocycles. The third kappa shape index (κ3) is 2.89. The maximum atomic E-state index is 12.7. The normalized spacial score (nSPS) is 18.2. The van der Waals surface area contributed by atoms with Crippen LogP contribution in [0.5, 0.6) is 0 Å². The van der Waals surface area contributed by atoms with Crippen LogP contribution in [-0.4, -0.2) is 61.9 Å². The molecule has 0 saturated carbocycles. The number of piperazine rings is 1. The van der Waals surface area contributed by atoms with E-state index in [4.69, 9.17) is 0 Å². The third-order valence-corrected chi connectivity index (χ3v) is 4.37. The Kier molecular flexibility index (Phi) is 4.33. The second-order valence-electron chi connectivity index (χ2n) is 6.24. The van der Waals surface area contributed by atoms with Gasteiger partial charge in [-0.25, -0.2) is 9.50 Å². The first-order valence-corrected chi connectivity index (χ1v) is 8.05. The highest BCUT2D eigenvalue weighted by Crippen LogP contribution is 2.19. The van der Waals surface area contributed by atoms with E-state index in [1.54, 1.807) is 26.6 Å². The zero-order chi connectivity index (χ0) is 17.3. The summed E-state index contributed by atoms with van der Waals surface area (Å²) >= 11 is 0. The van der Waals surface area contributed by atoms with Crippen LogP contribution in [0.1, 0.15) is 24.5 Å². The van der Waals surface area contributed by atoms with Crippen molar-refractivity contribution < 1.29 is 9.59 Å². The van der Waals surface area contributed by atoms with Gasteiger partial charge in [-0.05, 0) is 24.1 Å². The van der Waals surface area contributed by atoms with Gasteiger partial charge in [0.1, 0.15) is 0 Å². The number of fused-ring (bicyclic) bond motifs is 1. The topological polar surface area (TPSA) is 70.8 Å². The van der Waals surface area contributed by atoms with E-state index in [2.05, 4.69) is 16.7 Å². The molecule has 24 heavy (non-hydrogen) atoms. The molecule has 2 aromatic rings. The largest absolute Gasteiger partial charge is 0.332 e. The van der Waals surface area contributed by atoms with E-state index in [0.717, 1.165) is 0 Å². The Morgan fingerprint density at radius 3 is 2.79 bits per heavy atom. The Hall–Kier alpha value is -2.70. The number of hydrogen-bond donors (Lipinski definition) is 0. The molecule has 1 fully saturated rings. The number of aromatic nitrogens is 3. The summed E-state index contributed by atoms with van der Waals surface area (Å²) in [4.78, 5) is 32.6. The van der Waals surface area contributed by atoms with E-state index >= 15 is 0 Å². The monoisotopic (exact) mass is 327 g/mol. The summed E-state index contributed by atoms with van der Waals surface area (Å²) in [5, 5.41) is 4.25. The van der Waals surface area contributed by atoms with Gasteiger partial charge in [0.05, 0.1) is 6.04 Å². The van der Waals surface area contributed by atoms with Crippen molar-refractivity contribution in [3.05, 3.63) is 42.9 Å². The van der Waals surface area contributed by atoms with E-state index in [1.807, 2.05) is 26.0 Å². The van der Waals surface area contributed by atoms with Gasteiger partial charge >= 0.3 is 0 Å². The lowest BCUT2D eigenvalue weighted by atomic mass is 9.99. The first-order valence-electron chi connectivity index (χ1n) is 8.05. The van der Waals surface area contributed by atoms with E-state index < -0.39 is 0 Å². The fourth-order valence-corrected chi connectivity index (χ4v) is 3.02. The summed E-state index contributed by atoms with van der Waals surface area (Å²) in [5.74, 6) is 0.132. The third-order valence-electron chi connectivity index (χ3n) is 4.37. The molecule has 126 valence electrons. The van der Waals surface area contributed by atoms with Crippen molar-refractivity contribution in [2.45, 2.75) is 19.9 Å².